The fraction of sp³-hybridized carbons (Fsp3) is 0.111. The van der Waals surface area contributed by atoms with Gasteiger partial charge < -0.3 is 0 Å². The zero-order chi connectivity index (χ0) is 9.42. The lowest BCUT2D eigenvalue weighted by molar-refractivity contribution is 0.511. The van der Waals surface area contributed by atoms with E-state index in [1.54, 1.807) is 0 Å². The standard InChI is InChI=1S/C9H5BrF2S/c10-3-5-4-13-9-2-8(12)7(11)1-6(5)9/h1-2,4H,3H2. The Hall–Kier alpha value is -0.480. The van der Waals surface area contributed by atoms with Crippen molar-refractivity contribution >= 4 is 37.4 Å². The molecule has 0 aliphatic carbocycles. The molecule has 0 nitrogen and oxygen atoms in total. The van der Waals surface area contributed by atoms with Crippen LogP contribution in [0.25, 0.3) is 10.1 Å². The van der Waals surface area contributed by atoms with Crippen LogP contribution in [0.5, 0.6) is 0 Å². The molecule has 0 N–H and O–H groups in total. The second-order valence-electron chi connectivity index (χ2n) is 2.66. The predicted molar refractivity (Wildman–Crippen MR) is 54.4 cm³/mol. The first kappa shape index (κ1) is 9.09. The molecule has 0 unspecified atom stereocenters. The van der Waals surface area contributed by atoms with Crippen molar-refractivity contribution in [2.75, 3.05) is 0 Å². The van der Waals surface area contributed by atoms with Crippen LogP contribution in [0.3, 0.4) is 0 Å². The molecular formula is C9H5BrF2S. The van der Waals surface area contributed by atoms with Gasteiger partial charge in [0.05, 0.1) is 0 Å². The van der Waals surface area contributed by atoms with E-state index in [0.29, 0.717) is 5.33 Å². The summed E-state index contributed by atoms with van der Waals surface area (Å²) in [6, 6.07) is 2.49. The van der Waals surface area contributed by atoms with Crippen molar-refractivity contribution in [3.63, 3.8) is 0 Å². The highest BCUT2D eigenvalue weighted by molar-refractivity contribution is 9.08. The first-order valence-electron chi connectivity index (χ1n) is 3.63. The number of hydrogen-bond acceptors (Lipinski definition) is 1. The van der Waals surface area contributed by atoms with E-state index in [1.165, 1.54) is 23.5 Å². The Morgan fingerprint density at radius 3 is 2.62 bits per heavy atom. The van der Waals surface area contributed by atoms with Gasteiger partial charge in [-0.05, 0) is 28.5 Å². The number of hydrogen-bond donors (Lipinski definition) is 0. The highest BCUT2D eigenvalue weighted by Crippen LogP contribution is 2.29. The molecule has 1 heterocycles. The third-order valence-electron chi connectivity index (χ3n) is 1.84. The molecule has 0 amide bonds. The minimum atomic E-state index is -0.784. The molecule has 0 aliphatic heterocycles. The second-order valence-corrected chi connectivity index (χ2v) is 4.13. The summed E-state index contributed by atoms with van der Waals surface area (Å²) in [5.74, 6) is -1.57. The topological polar surface area (TPSA) is 0 Å². The minimum absolute atomic E-state index is 0.665. The molecule has 0 aliphatic rings. The zero-order valence-corrected chi connectivity index (χ0v) is 8.88. The van der Waals surface area contributed by atoms with Gasteiger partial charge in [0.15, 0.2) is 11.6 Å². The van der Waals surface area contributed by atoms with E-state index in [1.807, 2.05) is 5.38 Å². The van der Waals surface area contributed by atoms with E-state index >= 15 is 0 Å². The maximum absolute atomic E-state index is 12.9. The van der Waals surface area contributed by atoms with Crippen molar-refractivity contribution < 1.29 is 8.78 Å². The van der Waals surface area contributed by atoms with Crippen LogP contribution in [0.4, 0.5) is 8.78 Å². The molecule has 13 heavy (non-hydrogen) atoms. The summed E-state index contributed by atoms with van der Waals surface area (Å²) in [7, 11) is 0. The van der Waals surface area contributed by atoms with Gasteiger partial charge in [-0.25, -0.2) is 8.78 Å². The van der Waals surface area contributed by atoms with E-state index in [2.05, 4.69) is 15.9 Å². The van der Waals surface area contributed by atoms with Crippen molar-refractivity contribution in [3.05, 3.63) is 34.7 Å². The van der Waals surface area contributed by atoms with E-state index in [9.17, 15) is 8.78 Å². The molecule has 0 saturated heterocycles. The normalized spacial score (nSPS) is 11.0. The van der Waals surface area contributed by atoms with Crippen LogP contribution in [0, 0.1) is 11.6 Å². The monoisotopic (exact) mass is 262 g/mol. The lowest BCUT2D eigenvalue weighted by Gasteiger charge is -1.95. The maximum atomic E-state index is 12.9. The van der Waals surface area contributed by atoms with Gasteiger partial charge in [-0.15, -0.1) is 11.3 Å². The summed E-state index contributed by atoms with van der Waals surface area (Å²) in [4.78, 5) is 0. The van der Waals surface area contributed by atoms with E-state index in [-0.39, 0.29) is 0 Å². The Labute approximate surface area is 86.3 Å². The smallest absolute Gasteiger partial charge is 0.160 e. The molecule has 0 radical (unpaired) electrons. The SMILES string of the molecule is Fc1cc2scc(CBr)c2cc1F. The molecule has 0 spiro atoms. The summed E-state index contributed by atoms with van der Waals surface area (Å²) in [5.41, 5.74) is 0.999. The maximum Gasteiger partial charge on any atom is 0.160 e. The van der Waals surface area contributed by atoms with Gasteiger partial charge in [0.25, 0.3) is 0 Å². The molecule has 2 rings (SSSR count). The summed E-state index contributed by atoms with van der Waals surface area (Å²) in [5, 5.41) is 3.36. The molecular weight excluding hydrogens is 258 g/mol. The van der Waals surface area contributed by atoms with Crippen molar-refractivity contribution in [1.29, 1.82) is 0 Å². The number of alkyl halides is 1. The van der Waals surface area contributed by atoms with Crippen LogP contribution in [0.2, 0.25) is 0 Å². The van der Waals surface area contributed by atoms with Gasteiger partial charge in [-0.2, -0.15) is 0 Å². The molecule has 0 bridgehead atoms. The Bertz CT molecular complexity index is 450. The average molecular weight is 263 g/mol. The van der Waals surface area contributed by atoms with Crippen LogP contribution in [0.1, 0.15) is 5.56 Å². The molecule has 1 aromatic carbocycles. The van der Waals surface area contributed by atoms with Crippen LogP contribution in [-0.2, 0) is 5.33 Å². The Kier molecular flexibility index (Phi) is 2.34. The number of halogens is 3. The molecule has 1 aromatic heterocycles. The van der Waals surface area contributed by atoms with E-state index < -0.39 is 11.6 Å². The molecule has 4 heteroatoms. The quantitative estimate of drug-likeness (QED) is 0.680. The van der Waals surface area contributed by atoms with Gasteiger partial charge in [-0.3, -0.25) is 0 Å². The highest BCUT2D eigenvalue weighted by Gasteiger charge is 2.08. The summed E-state index contributed by atoms with van der Waals surface area (Å²) in [6.07, 6.45) is 0. The summed E-state index contributed by atoms with van der Waals surface area (Å²) < 4.78 is 26.4. The lowest BCUT2D eigenvalue weighted by Crippen LogP contribution is -1.82. The second kappa shape index (κ2) is 3.35. The molecule has 0 saturated carbocycles. The van der Waals surface area contributed by atoms with Gasteiger partial charge in [0.2, 0.25) is 0 Å². The molecule has 68 valence electrons. The molecule has 2 aromatic rings. The molecule has 0 fully saturated rings. The fourth-order valence-corrected chi connectivity index (χ4v) is 2.82. The third-order valence-corrected chi connectivity index (χ3v) is 3.44. The number of thiophene rings is 1. The van der Waals surface area contributed by atoms with Crippen LogP contribution in [0.15, 0.2) is 17.5 Å². The third kappa shape index (κ3) is 1.48. The first-order valence-corrected chi connectivity index (χ1v) is 5.63. The number of fused-ring (bicyclic) bond motifs is 1. The Morgan fingerprint density at radius 2 is 1.92 bits per heavy atom. The lowest BCUT2D eigenvalue weighted by atomic mass is 10.2. The first-order chi connectivity index (χ1) is 6.22. The van der Waals surface area contributed by atoms with Crippen LogP contribution in [-0.4, -0.2) is 0 Å². The number of rotatable bonds is 1. The predicted octanol–water partition coefficient (Wildman–Crippen LogP) is 4.07. The van der Waals surface area contributed by atoms with E-state index in [4.69, 9.17) is 0 Å². The van der Waals surface area contributed by atoms with Crippen molar-refractivity contribution in [3.8, 4) is 0 Å². The van der Waals surface area contributed by atoms with Gasteiger partial charge in [0, 0.05) is 10.0 Å². The van der Waals surface area contributed by atoms with Gasteiger partial charge in [-0.1, -0.05) is 15.9 Å². The Balaban J connectivity index is 2.77. The highest BCUT2D eigenvalue weighted by atomic mass is 79.9. The van der Waals surface area contributed by atoms with Gasteiger partial charge in [0.1, 0.15) is 0 Å². The largest absolute Gasteiger partial charge is 0.204 e. The average Bonchev–Trinajstić information content (AvgIpc) is 2.48. The van der Waals surface area contributed by atoms with Crippen LogP contribution >= 0.6 is 27.3 Å². The summed E-state index contributed by atoms with van der Waals surface area (Å²) >= 11 is 4.72. The fourth-order valence-electron chi connectivity index (χ4n) is 1.18. The number of benzene rings is 1. The Morgan fingerprint density at radius 1 is 1.23 bits per heavy atom. The van der Waals surface area contributed by atoms with E-state index in [0.717, 1.165) is 15.6 Å². The van der Waals surface area contributed by atoms with Crippen molar-refractivity contribution in [2.24, 2.45) is 0 Å². The van der Waals surface area contributed by atoms with Gasteiger partial charge >= 0.3 is 0 Å². The van der Waals surface area contributed by atoms with Crippen molar-refractivity contribution in [2.45, 2.75) is 5.33 Å². The zero-order valence-electron chi connectivity index (χ0n) is 6.48. The van der Waals surface area contributed by atoms with Crippen molar-refractivity contribution in [1.82, 2.24) is 0 Å². The summed E-state index contributed by atoms with van der Waals surface area (Å²) in [6.45, 7) is 0. The molecule has 0 atom stereocenters. The minimum Gasteiger partial charge on any atom is -0.204 e. The van der Waals surface area contributed by atoms with Crippen LogP contribution < -0.4 is 0 Å².